The normalized spacial score (nSPS) is 18.7. The molecule has 19 heavy (non-hydrogen) atoms. The lowest BCUT2D eigenvalue weighted by Crippen LogP contribution is -2.43. The largest absolute Gasteiger partial charge is 0.326 e. The third-order valence-corrected chi connectivity index (χ3v) is 5.63. The summed E-state index contributed by atoms with van der Waals surface area (Å²) in [6.45, 7) is 2.25. The molecule has 0 unspecified atom stereocenters. The van der Waals surface area contributed by atoms with Gasteiger partial charge in [0.2, 0.25) is 10.0 Å². The Labute approximate surface area is 119 Å². The fraction of sp³-hybridized carbons (Fsp3) is 0.538. The first-order valence-corrected chi connectivity index (χ1v) is 8.25. The number of halogens is 1. The van der Waals surface area contributed by atoms with Gasteiger partial charge in [-0.2, -0.15) is 0 Å². The fourth-order valence-corrected chi connectivity index (χ4v) is 4.31. The Balaban J connectivity index is 2.27. The van der Waals surface area contributed by atoms with E-state index >= 15 is 0 Å². The molecule has 0 bridgehead atoms. The van der Waals surface area contributed by atoms with Crippen molar-refractivity contribution in [2.45, 2.75) is 49.6 Å². The molecule has 1 aromatic carbocycles. The van der Waals surface area contributed by atoms with E-state index in [9.17, 15) is 8.42 Å². The number of rotatable bonds is 4. The Morgan fingerprint density at radius 1 is 1.37 bits per heavy atom. The molecule has 0 radical (unpaired) electrons. The minimum atomic E-state index is -3.52. The molecule has 0 aliphatic heterocycles. The fourth-order valence-electron chi connectivity index (χ4n) is 2.50. The molecule has 0 atom stereocenters. The van der Waals surface area contributed by atoms with Gasteiger partial charge in [0.1, 0.15) is 0 Å². The second kappa shape index (κ2) is 5.40. The van der Waals surface area contributed by atoms with Crippen LogP contribution in [0.15, 0.2) is 23.1 Å². The van der Waals surface area contributed by atoms with E-state index in [-0.39, 0.29) is 10.4 Å². The number of nitrogens with two attached hydrogens (primary N) is 1. The lowest BCUT2D eigenvalue weighted by Gasteiger charge is -2.25. The second-order valence-electron chi connectivity index (χ2n) is 5.33. The van der Waals surface area contributed by atoms with Gasteiger partial charge in [-0.15, -0.1) is 0 Å². The van der Waals surface area contributed by atoms with Crippen molar-refractivity contribution in [3.05, 3.63) is 28.8 Å². The van der Waals surface area contributed by atoms with E-state index < -0.39 is 10.0 Å². The SMILES string of the molecule is CC1(NS(=O)(=O)c2ccc(CN)c(Cl)c2)CCCC1. The van der Waals surface area contributed by atoms with Gasteiger partial charge >= 0.3 is 0 Å². The zero-order valence-electron chi connectivity index (χ0n) is 10.9. The average molecular weight is 303 g/mol. The first-order valence-electron chi connectivity index (χ1n) is 6.39. The molecule has 0 spiro atoms. The quantitative estimate of drug-likeness (QED) is 0.897. The van der Waals surface area contributed by atoms with E-state index in [1.807, 2.05) is 6.92 Å². The molecule has 1 aliphatic carbocycles. The number of nitrogens with one attached hydrogen (secondary N) is 1. The van der Waals surface area contributed by atoms with Gasteiger partial charge in [-0.25, -0.2) is 13.1 Å². The number of hydrogen-bond donors (Lipinski definition) is 2. The third kappa shape index (κ3) is 3.28. The van der Waals surface area contributed by atoms with Crippen molar-refractivity contribution in [2.24, 2.45) is 5.73 Å². The first kappa shape index (κ1) is 14.8. The average Bonchev–Trinajstić information content (AvgIpc) is 2.74. The standard InChI is InChI=1S/C13H19ClN2O2S/c1-13(6-2-3-7-13)16-19(17,18)11-5-4-10(9-15)12(14)8-11/h4-5,8,16H,2-3,6-7,9,15H2,1H3. The van der Waals surface area contributed by atoms with E-state index in [0.29, 0.717) is 11.6 Å². The predicted molar refractivity (Wildman–Crippen MR) is 76.5 cm³/mol. The maximum Gasteiger partial charge on any atom is 0.241 e. The molecule has 1 saturated carbocycles. The molecule has 106 valence electrons. The van der Waals surface area contributed by atoms with Gasteiger partial charge in [0, 0.05) is 17.1 Å². The molecule has 0 heterocycles. The lowest BCUT2D eigenvalue weighted by molar-refractivity contribution is 0.427. The zero-order chi connectivity index (χ0) is 14.1. The van der Waals surface area contributed by atoms with Crippen LogP contribution in [0.5, 0.6) is 0 Å². The molecule has 4 nitrogen and oxygen atoms in total. The minimum Gasteiger partial charge on any atom is -0.326 e. The van der Waals surface area contributed by atoms with Gasteiger partial charge in [-0.3, -0.25) is 0 Å². The first-order chi connectivity index (χ1) is 8.86. The third-order valence-electron chi connectivity index (χ3n) is 3.64. The highest BCUT2D eigenvalue weighted by molar-refractivity contribution is 7.89. The van der Waals surface area contributed by atoms with Crippen molar-refractivity contribution < 1.29 is 8.42 Å². The van der Waals surface area contributed by atoms with Crippen LogP contribution < -0.4 is 10.5 Å². The van der Waals surface area contributed by atoms with Crippen LogP contribution in [0.4, 0.5) is 0 Å². The number of sulfonamides is 1. The molecule has 2 rings (SSSR count). The van der Waals surface area contributed by atoms with Gasteiger partial charge in [0.25, 0.3) is 0 Å². The summed E-state index contributed by atoms with van der Waals surface area (Å²) in [7, 11) is -3.52. The molecule has 1 aliphatic rings. The van der Waals surface area contributed by atoms with Crippen LogP contribution in [0.25, 0.3) is 0 Å². The topological polar surface area (TPSA) is 72.2 Å². The molecule has 1 fully saturated rings. The summed E-state index contributed by atoms with van der Waals surface area (Å²) in [5.41, 5.74) is 5.92. The van der Waals surface area contributed by atoms with Gasteiger partial charge in [0.05, 0.1) is 4.90 Å². The zero-order valence-corrected chi connectivity index (χ0v) is 12.5. The summed E-state index contributed by atoms with van der Waals surface area (Å²) in [5.74, 6) is 0. The van der Waals surface area contributed by atoms with Gasteiger partial charge in [-0.05, 0) is 37.5 Å². The van der Waals surface area contributed by atoms with Gasteiger partial charge < -0.3 is 5.73 Å². The number of hydrogen-bond acceptors (Lipinski definition) is 3. The van der Waals surface area contributed by atoms with Gasteiger partial charge in [-0.1, -0.05) is 30.5 Å². The highest BCUT2D eigenvalue weighted by atomic mass is 35.5. The van der Waals surface area contributed by atoms with Crippen LogP contribution in [0, 0.1) is 0 Å². The van der Waals surface area contributed by atoms with Gasteiger partial charge in [0.15, 0.2) is 0 Å². The van der Waals surface area contributed by atoms with E-state index in [0.717, 1.165) is 31.2 Å². The predicted octanol–water partition coefficient (Wildman–Crippen LogP) is 2.41. The second-order valence-corrected chi connectivity index (χ2v) is 7.42. The highest BCUT2D eigenvalue weighted by Gasteiger charge is 2.33. The van der Waals surface area contributed by atoms with E-state index in [1.165, 1.54) is 6.07 Å². The molecular weight excluding hydrogens is 284 g/mol. The van der Waals surface area contributed by atoms with Crippen molar-refractivity contribution in [2.75, 3.05) is 0 Å². The van der Waals surface area contributed by atoms with Crippen LogP contribution in [0.3, 0.4) is 0 Å². The van der Waals surface area contributed by atoms with Crippen LogP contribution in [0.1, 0.15) is 38.2 Å². The van der Waals surface area contributed by atoms with Crippen molar-refractivity contribution in [3.63, 3.8) is 0 Å². The van der Waals surface area contributed by atoms with E-state index in [1.54, 1.807) is 12.1 Å². The minimum absolute atomic E-state index is 0.197. The van der Waals surface area contributed by atoms with Crippen molar-refractivity contribution in [1.29, 1.82) is 0 Å². The summed E-state index contributed by atoms with van der Waals surface area (Å²) < 4.78 is 27.5. The Kier molecular flexibility index (Phi) is 4.20. The Hall–Kier alpha value is -0.620. The highest BCUT2D eigenvalue weighted by Crippen LogP contribution is 2.31. The summed E-state index contributed by atoms with van der Waals surface area (Å²) in [6, 6.07) is 4.67. The molecule has 6 heteroatoms. The van der Waals surface area contributed by atoms with Crippen molar-refractivity contribution >= 4 is 21.6 Å². The Morgan fingerprint density at radius 3 is 2.53 bits per heavy atom. The van der Waals surface area contributed by atoms with Crippen molar-refractivity contribution in [1.82, 2.24) is 4.72 Å². The molecule has 3 N–H and O–H groups in total. The van der Waals surface area contributed by atoms with E-state index in [2.05, 4.69) is 4.72 Å². The number of benzene rings is 1. The van der Waals surface area contributed by atoms with E-state index in [4.69, 9.17) is 17.3 Å². The smallest absolute Gasteiger partial charge is 0.241 e. The summed E-state index contributed by atoms with van der Waals surface area (Å²) >= 11 is 6.01. The van der Waals surface area contributed by atoms with Crippen LogP contribution in [-0.4, -0.2) is 14.0 Å². The maximum atomic E-state index is 12.3. The summed E-state index contributed by atoms with van der Waals surface area (Å²) in [6.07, 6.45) is 3.87. The molecule has 0 amide bonds. The van der Waals surface area contributed by atoms with Crippen LogP contribution >= 0.6 is 11.6 Å². The lowest BCUT2D eigenvalue weighted by atomic mass is 10.0. The summed E-state index contributed by atoms with van der Waals surface area (Å²) in [4.78, 5) is 0.197. The Bertz CT molecular complexity index is 566. The maximum absolute atomic E-state index is 12.3. The van der Waals surface area contributed by atoms with Crippen LogP contribution in [0.2, 0.25) is 5.02 Å². The van der Waals surface area contributed by atoms with Crippen LogP contribution in [-0.2, 0) is 16.6 Å². The molecule has 0 aromatic heterocycles. The Morgan fingerprint density at radius 2 is 2.00 bits per heavy atom. The molecular formula is C13H19ClN2O2S. The summed E-state index contributed by atoms with van der Waals surface area (Å²) in [5, 5.41) is 0.391. The monoisotopic (exact) mass is 302 g/mol. The van der Waals surface area contributed by atoms with Crippen molar-refractivity contribution in [3.8, 4) is 0 Å². The molecule has 1 aromatic rings. The molecule has 0 saturated heterocycles.